The van der Waals surface area contributed by atoms with Gasteiger partial charge in [0.05, 0.1) is 5.75 Å². The van der Waals surface area contributed by atoms with Crippen molar-refractivity contribution in [2.75, 3.05) is 50.9 Å². The summed E-state index contributed by atoms with van der Waals surface area (Å²) in [7, 11) is 0.0135. The number of nitrogens with zero attached hydrogens (tertiary/aromatic N) is 3. The van der Waals surface area contributed by atoms with Crippen LogP contribution >= 0.6 is 0 Å². The monoisotopic (exact) mass is 419 g/mol. The quantitative estimate of drug-likeness (QED) is 0.736. The minimum atomic E-state index is -3.17. The highest BCUT2D eigenvalue weighted by atomic mass is 32.2. The summed E-state index contributed by atoms with van der Waals surface area (Å²) in [6, 6.07) is 7.91. The maximum absolute atomic E-state index is 13.0. The van der Waals surface area contributed by atoms with E-state index in [1.54, 1.807) is 14.1 Å². The molecule has 1 aliphatic carbocycles. The van der Waals surface area contributed by atoms with Crippen molar-refractivity contribution in [3.63, 3.8) is 0 Å². The van der Waals surface area contributed by atoms with Gasteiger partial charge in [0.2, 0.25) is 10.0 Å². The molecule has 0 unspecified atom stereocenters. The van der Waals surface area contributed by atoms with Crippen molar-refractivity contribution in [3.8, 4) is 0 Å². The molecule has 4 fully saturated rings. The molecule has 0 spiro atoms. The molecule has 160 valence electrons. The summed E-state index contributed by atoms with van der Waals surface area (Å²) >= 11 is 0. The summed E-state index contributed by atoms with van der Waals surface area (Å²) in [5, 5.41) is 0. The Morgan fingerprint density at radius 3 is 2.10 bits per heavy atom. The standard InChI is InChI=1S/C22H33N3O3S/c1-23(2)29(27,28)16-19-11-12-24(15-19)21-9-7-20(8-10-21)22(26)25-13-17-3-4-18(14-25)6-5-17/h7-10,17-19H,3-6,11-16H2,1-2H3/t17?,18?,19-/m1/s1. The number of anilines is 1. The van der Waals surface area contributed by atoms with E-state index in [-0.39, 0.29) is 17.6 Å². The molecule has 3 heterocycles. The molecule has 29 heavy (non-hydrogen) atoms. The fourth-order valence-electron chi connectivity index (χ4n) is 5.11. The Kier molecular flexibility index (Phi) is 5.89. The Morgan fingerprint density at radius 1 is 0.966 bits per heavy atom. The van der Waals surface area contributed by atoms with E-state index in [1.165, 1.54) is 30.0 Å². The summed E-state index contributed by atoms with van der Waals surface area (Å²) in [5.74, 6) is 1.86. The lowest BCUT2D eigenvalue weighted by Gasteiger charge is -2.23. The van der Waals surface area contributed by atoms with Crippen LogP contribution in [0, 0.1) is 17.8 Å². The number of hydrogen-bond donors (Lipinski definition) is 0. The largest absolute Gasteiger partial charge is 0.371 e. The van der Waals surface area contributed by atoms with Crippen molar-refractivity contribution in [1.29, 1.82) is 0 Å². The third kappa shape index (κ3) is 4.61. The normalized spacial score (nSPS) is 27.5. The molecule has 6 nitrogen and oxygen atoms in total. The molecule has 1 aromatic rings. The van der Waals surface area contributed by atoms with Crippen molar-refractivity contribution < 1.29 is 13.2 Å². The van der Waals surface area contributed by atoms with E-state index in [0.29, 0.717) is 11.8 Å². The van der Waals surface area contributed by atoms with Gasteiger partial charge in [-0.05, 0) is 74.1 Å². The predicted molar refractivity (Wildman–Crippen MR) is 116 cm³/mol. The van der Waals surface area contributed by atoms with Gasteiger partial charge in [0.1, 0.15) is 0 Å². The fourth-order valence-corrected chi connectivity index (χ4v) is 6.27. The molecule has 3 saturated heterocycles. The maximum Gasteiger partial charge on any atom is 0.253 e. The smallest absolute Gasteiger partial charge is 0.253 e. The van der Waals surface area contributed by atoms with Gasteiger partial charge >= 0.3 is 0 Å². The Balaban J connectivity index is 1.38. The fraction of sp³-hybridized carbons (Fsp3) is 0.682. The summed E-state index contributed by atoms with van der Waals surface area (Å²) in [6.45, 7) is 3.42. The Bertz CT molecular complexity index is 815. The van der Waals surface area contributed by atoms with Crippen LogP contribution in [0.4, 0.5) is 5.69 Å². The molecule has 1 atom stereocenters. The molecule has 1 aromatic carbocycles. The van der Waals surface area contributed by atoms with Crippen LogP contribution in [-0.4, -0.2) is 69.6 Å². The van der Waals surface area contributed by atoms with Gasteiger partial charge in [0, 0.05) is 51.5 Å². The van der Waals surface area contributed by atoms with E-state index in [2.05, 4.69) is 9.80 Å². The maximum atomic E-state index is 13.0. The number of benzene rings is 1. The SMILES string of the molecule is CN(C)S(=O)(=O)C[C@@H]1CCN(c2ccc(C(=O)N3CC4CCC(CC4)C3)cc2)C1. The van der Waals surface area contributed by atoms with Crippen LogP contribution in [0.2, 0.25) is 0 Å². The number of rotatable bonds is 5. The molecule has 7 heteroatoms. The second-order valence-corrected chi connectivity index (χ2v) is 11.5. The summed E-state index contributed by atoms with van der Waals surface area (Å²) < 4.78 is 25.6. The van der Waals surface area contributed by atoms with Gasteiger partial charge in [-0.1, -0.05) is 0 Å². The van der Waals surface area contributed by atoms with E-state index in [1.807, 2.05) is 24.3 Å². The zero-order chi connectivity index (χ0) is 20.6. The van der Waals surface area contributed by atoms with Crippen molar-refractivity contribution in [1.82, 2.24) is 9.21 Å². The number of hydrogen-bond acceptors (Lipinski definition) is 4. The number of fused-ring (bicyclic) bond motifs is 4. The molecular formula is C22H33N3O3S. The second kappa shape index (κ2) is 8.26. The number of sulfonamides is 1. The van der Waals surface area contributed by atoms with Gasteiger partial charge in [0.25, 0.3) is 5.91 Å². The van der Waals surface area contributed by atoms with Gasteiger partial charge in [-0.15, -0.1) is 0 Å². The van der Waals surface area contributed by atoms with Crippen LogP contribution in [0.5, 0.6) is 0 Å². The van der Waals surface area contributed by atoms with E-state index in [9.17, 15) is 13.2 Å². The third-order valence-corrected chi connectivity index (χ3v) is 8.98. The molecule has 1 saturated carbocycles. The Hall–Kier alpha value is -1.60. The Labute approximate surface area is 174 Å². The minimum absolute atomic E-state index is 0.149. The van der Waals surface area contributed by atoms with Crippen molar-refractivity contribution in [2.45, 2.75) is 32.1 Å². The lowest BCUT2D eigenvalue weighted by molar-refractivity contribution is 0.0739. The first-order valence-electron chi connectivity index (χ1n) is 10.9. The summed E-state index contributed by atoms with van der Waals surface area (Å²) in [5.41, 5.74) is 1.84. The number of carbonyl (C=O) groups excluding carboxylic acids is 1. The van der Waals surface area contributed by atoms with Gasteiger partial charge in [-0.25, -0.2) is 12.7 Å². The highest BCUT2D eigenvalue weighted by molar-refractivity contribution is 7.89. The van der Waals surface area contributed by atoms with E-state index in [4.69, 9.17) is 0 Å². The van der Waals surface area contributed by atoms with E-state index >= 15 is 0 Å². The molecule has 0 aromatic heterocycles. The first kappa shape index (κ1) is 20.7. The zero-order valence-electron chi connectivity index (χ0n) is 17.6. The average molecular weight is 420 g/mol. The van der Waals surface area contributed by atoms with E-state index < -0.39 is 10.0 Å². The van der Waals surface area contributed by atoms with Crippen LogP contribution < -0.4 is 4.90 Å². The molecule has 4 aliphatic rings. The first-order chi connectivity index (χ1) is 13.8. The summed E-state index contributed by atoms with van der Waals surface area (Å²) in [4.78, 5) is 17.3. The minimum Gasteiger partial charge on any atom is -0.371 e. The highest BCUT2D eigenvalue weighted by Gasteiger charge is 2.32. The lowest BCUT2D eigenvalue weighted by atomic mass is 9.84. The van der Waals surface area contributed by atoms with Gasteiger partial charge < -0.3 is 9.80 Å². The molecule has 3 aliphatic heterocycles. The predicted octanol–water partition coefficient (Wildman–Crippen LogP) is 2.67. The van der Waals surface area contributed by atoms with Crippen LogP contribution in [0.3, 0.4) is 0 Å². The Morgan fingerprint density at radius 2 is 1.55 bits per heavy atom. The average Bonchev–Trinajstić information content (AvgIpc) is 2.94. The van der Waals surface area contributed by atoms with Crippen molar-refractivity contribution in [3.05, 3.63) is 29.8 Å². The topological polar surface area (TPSA) is 60.9 Å². The number of carbonyl (C=O) groups is 1. The molecule has 2 bridgehead atoms. The molecule has 5 rings (SSSR count). The first-order valence-corrected chi connectivity index (χ1v) is 12.5. The van der Waals surface area contributed by atoms with Gasteiger partial charge in [0.15, 0.2) is 0 Å². The van der Waals surface area contributed by atoms with E-state index in [0.717, 1.165) is 43.9 Å². The van der Waals surface area contributed by atoms with Crippen LogP contribution in [0.25, 0.3) is 0 Å². The molecule has 1 amide bonds. The van der Waals surface area contributed by atoms with Crippen LogP contribution in [0.1, 0.15) is 42.5 Å². The van der Waals surface area contributed by atoms with Gasteiger partial charge in [-0.3, -0.25) is 4.79 Å². The molecule has 0 N–H and O–H groups in total. The third-order valence-electron chi connectivity index (χ3n) is 6.98. The highest BCUT2D eigenvalue weighted by Crippen LogP contribution is 2.34. The molecule has 0 radical (unpaired) electrons. The van der Waals surface area contributed by atoms with Crippen LogP contribution in [0.15, 0.2) is 24.3 Å². The van der Waals surface area contributed by atoms with Crippen molar-refractivity contribution in [2.24, 2.45) is 17.8 Å². The summed E-state index contributed by atoms with van der Waals surface area (Å²) in [6.07, 6.45) is 5.96. The lowest BCUT2D eigenvalue weighted by Crippen LogP contribution is -2.34. The zero-order valence-corrected chi connectivity index (χ0v) is 18.4. The second-order valence-electron chi connectivity index (χ2n) is 9.31. The van der Waals surface area contributed by atoms with Crippen LogP contribution in [-0.2, 0) is 10.0 Å². The number of amides is 1. The molecular weight excluding hydrogens is 386 g/mol. The van der Waals surface area contributed by atoms with Gasteiger partial charge in [-0.2, -0.15) is 0 Å². The van der Waals surface area contributed by atoms with Crippen molar-refractivity contribution >= 4 is 21.6 Å².